The number of hydrogen-bond donors (Lipinski definition) is 0. The lowest BCUT2D eigenvalue weighted by Crippen LogP contribution is -2.33. The topological polar surface area (TPSA) is 12.5 Å². The second-order valence-electron chi connectivity index (χ2n) is 3.61. The van der Waals surface area contributed by atoms with Crippen LogP contribution >= 0.6 is 11.3 Å². The number of ether oxygens (including phenoxy) is 1. The van der Waals surface area contributed by atoms with E-state index in [1.165, 1.54) is 4.88 Å². The Morgan fingerprint density at radius 1 is 1.57 bits per heavy atom. The monoisotopic (exact) mass is 213 g/mol. The molecule has 1 aromatic heterocycles. The zero-order chi connectivity index (χ0) is 10.4. The summed E-state index contributed by atoms with van der Waals surface area (Å²) < 4.78 is 5.06. The van der Waals surface area contributed by atoms with Crippen LogP contribution in [0.4, 0.5) is 0 Å². The third kappa shape index (κ3) is 3.78. The lowest BCUT2D eigenvalue weighted by Gasteiger charge is -2.23. The van der Waals surface area contributed by atoms with Crippen molar-refractivity contribution in [1.29, 1.82) is 0 Å². The van der Waals surface area contributed by atoms with Gasteiger partial charge < -0.3 is 9.64 Å². The van der Waals surface area contributed by atoms with Crippen LogP contribution in [0.1, 0.15) is 11.8 Å². The van der Waals surface area contributed by atoms with Crippen LogP contribution in [0.15, 0.2) is 17.5 Å². The number of nitrogens with zero attached hydrogens (tertiary/aromatic N) is 1. The van der Waals surface area contributed by atoms with Crippen LogP contribution in [-0.2, 0) is 11.2 Å². The van der Waals surface area contributed by atoms with E-state index in [9.17, 15) is 0 Å². The molecule has 1 aromatic rings. The molecule has 3 heteroatoms. The molecule has 1 heterocycles. The molecule has 0 saturated carbocycles. The summed E-state index contributed by atoms with van der Waals surface area (Å²) in [4.78, 5) is 3.80. The first-order chi connectivity index (χ1) is 6.74. The number of methoxy groups -OCH3 is 1. The number of thiophene rings is 1. The molecule has 0 aliphatic rings. The molecular weight excluding hydrogens is 194 g/mol. The summed E-state index contributed by atoms with van der Waals surface area (Å²) in [7, 11) is 3.90. The third-order valence-corrected chi connectivity index (χ3v) is 3.38. The van der Waals surface area contributed by atoms with E-state index in [0.29, 0.717) is 6.04 Å². The van der Waals surface area contributed by atoms with Crippen LogP contribution < -0.4 is 0 Å². The normalized spacial score (nSPS) is 13.4. The van der Waals surface area contributed by atoms with Crippen molar-refractivity contribution in [3.05, 3.63) is 22.4 Å². The van der Waals surface area contributed by atoms with Crippen molar-refractivity contribution in [1.82, 2.24) is 4.90 Å². The summed E-state index contributed by atoms with van der Waals surface area (Å²) in [6.45, 7) is 4.07. The summed E-state index contributed by atoms with van der Waals surface area (Å²) in [5, 5.41) is 2.14. The van der Waals surface area contributed by atoms with Gasteiger partial charge in [0, 0.05) is 24.6 Å². The molecule has 0 amide bonds. The Kier molecular flexibility index (Phi) is 5.15. The van der Waals surface area contributed by atoms with E-state index in [0.717, 1.165) is 19.6 Å². The van der Waals surface area contributed by atoms with Crippen LogP contribution in [0, 0.1) is 0 Å². The van der Waals surface area contributed by atoms with Gasteiger partial charge in [-0.25, -0.2) is 0 Å². The molecule has 1 atom stereocenters. The van der Waals surface area contributed by atoms with Crippen molar-refractivity contribution in [3.63, 3.8) is 0 Å². The van der Waals surface area contributed by atoms with Crippen molar-refractivity contribution in [2.75, 3.05) is 27.3 Å². The average molecular weight is 213 g/mol. The molecule has 1 rings (SSSR count). The van der Waals surface area contributed by atoms with Crippen LogP contribution in [-0.4, -0.2) is 38.3 Å². The quantitative estimate of drug-likeness (QED) is 0.718. The molecule has 80 valence electrons. The van der Waals surface area contributed by atoms with Gasteiger partial charge in [-0.2, -0.15) is 0 Å². The van der Waals surface area contributed by atoms with Crippen molar-refractivity contribution < 1.29 is 4.74 Å². The van der Waals surface area contributed by atoms with E-state index in [1.54, 1.807) is 7.11 Å². The average Bonchev–Trinajstić information content (AvgIpc) is 2.66. The fraction of sp³-hybridized carbons (Fsp3) is 0.636. The van der Waals surface area contributed by atoms with E-state index in [4.69, 9.17) is 4.74 Å². The van der Waals surface area contributed by atoms with Gasteiger partial charge in [0.15, 0.2) is 0 Å². The summed E-state index contributed by atoms with van der Waals surface area (Å²) in [6.07, 6.45) is 1.14. The predicted molar refractivity (Wildman–Crippen MR) is 62.0 cm³/mol. The minimum atomic E-state index is 0.587. The molecule has 0 N–H and O–H groups in total. The van der Waals surface area contributed by atoms with Gasteiger partial charge in [-0.1, -0.05) is 6.07 Å². The van der Waals surface area contributed by atoms with Crippen LogP contribution in [0.3, 0.4) is 0 Å². The predicted octanol–water partition coefficient (Wildman–Crippen LogP) is 2.26. The smallest absolute Gasteiger partial charge is 0.0589 e. The highest BCUT2D eigenvalue weighted by Crippen LogP contribution is 2.13. The van der Waals surface area contributed by atoms with Gasteiger partial charge in [0.2, 0.25) is 0 Å². The zero-order valence-electron chi connectivity index (χ0n) is 9.19. The minimum absolute atomic E-state index is 0.587. The van der Waals surface area contributed by atoms with Gasteiger partial charge in [0.25, 0.3) is 0 Å². The van der Waals surface area contributed by atoms with Gasteiger partial charge in [-0.05, 0) is 31.8 Å². The van der Waals surface area contributed by atoms with Gasteiger partial charge >= 0.3 is 0 Å². The molecule has 2 nitrogen and oxygen atoms in total. The van der Waals surface area contributed by atoms with E-state index in [2.05, 4.69) is 36.4 Å². The highest BCUT2D eigenvalue weighted by molar-refractivity contribution is 7.09. The van der Waals surface area contributed by atoms with E-state index >= 15 is 0 Å². The maximum absolute atomic E-state index is 5.06. The van der Waals surface area contributed by atoms with Crippen molar-refractivity contribution in [2.24, 2.45) is 0 Å². The second kappa shape index (κ2) is 6.17. The molecular formula is C11H19NOS. The fourth-order valence-corrected chi connectivity index (χ4v) is 2.16. The van der Waals surface area contributed by atoms with Gasteiger partial charge in [0.1, 0.15) is 0 Å². The molecule has 0 aliphatic heterocycles. The molecule has 14 heavy (non-hydrogen) atoms. The fourth-order valence-electron chi connectivity index (χ4n) is 1.33. The largest absolute Gasteiger partial charge is 0.383 e. The second-order valence-corrected chi connectivity index (χ2v) is 4.64. The van der Waals surface area contributed by atoms with Crippen LogP contribution in [0.2, 0.25) is 0 Å². The Balaban J connectivity index is 2.30. The molecule has 0 bridgehead atoms. The van der Waals surface area contributed by atoms with Crippen LogP contribution in [0.5, 0.6) is 0 Å². The maximum Gasteiger partial charge on any atom is 0.0589 e. The Morgan fingerprint density at radius 2 is 2.36 bits per heavy atom. The molecule has 0 aromatic carbocycles. The summed E-state index contributed by atoms with van der Waals surface area (Å²) in [5.74, 6) is 0. The number of hydrogen-bond acceptors (Lipinski definition) is 3. The first-order valence-corrected chi connectivity index (χ1v) is 5.83. The van der Waals surface area contributed by atoms with Gasteiger partial charge in [-0.3, -0.25) is 0 Å². The third-order valence-electron chi connectivity index (χ3n) is 2.48. The summed E-state index contributed by atoms with van der Waals surface area (Å²) >= 11 is 1.83. The number of likely N-dealkylation sites (N-methyl/N-ethyl adjacent to an activating group) is 1. The van der Waals surface area contributed by atoms with E-state index in [1.807, 2.05) is 11.3 Å². The first kappa shape index (κ1) is 11.7. The Labute approximate surface area is 90.5 Å². The molecule has 0 radical (unpaired) electrons. The van der Waals surface area contributed by atoms with E-state index < -0.39 is 0 Å². The van der Waals surface area contributed by atoms with Crippen molar-refractivity contribution >= 4 is 11.3 Å². The van der Waals surface area contributed by atoms with Crippen molar-refractivity contribution in [3.8, 4) is 0 Å². The van der Waals surface area contributed by atoms with Gasteiger partial charge in [-0.15, -0.1) is 11.3 Å². The Hall–Kier alpha value is -0.380. The first-order valence-electron chi connectivity index (χ1n) is 4.95. The molecule has 0 fully saturated rings. The highest BCUT2D eigenvalue weighted by atomic mass is 32.1. The summed E-state index contributed by atoms with van der Waals surface area (Å²) in [6, 6.07) is 4.90. The maximum atomic E-state index is 5.06. The minimum Gasteiger partial charge on any atom is -0.383 e. The lowest BCUT2D eigenvalue weighted by molar-refractivity contribution is 0.143. The zero-order valence-corrected chi connectivity index (χ0v) is 10.0. The lowest BCUT2D eigenvalue weighted by atomic mass is 10.2. The van der Waals surface area contributed by atoms with Gasteiger partial charge in [0.05, 0.1) is 6.61 Å². The Bertz CT molecular complexity index is 235. The van der Waals surface area contributed by atoms with Crippen molar-refractivity contribution in [2.45, 2.75) is 19.4 Å². The van der Waals surface area contributed by atoms with E-state index in [-0.39, 0.29) is 0 Å². The molecule has 0 saturated heterocycles. The molecule has 1 unspecified atom stereocenters. The Morgan fingerprint density at radius 3 is 2.93 bits per heavy atom. The highest BCUT2D eigenvalue weighted by Gasteiger charge is 2.09. The van der Waals surface area contributed by atoms with Crippen LogP contribution in [0.25, 0.3) is 0 Å². The standard InChI is InChI=1S/C11H19NOS/c1-10(12(2)6-7-13-3)9-11-5-4-8-14-11/h4-5,8,10H,6-7,9H2,1-3H3. The number of rotatable bonds is 6. The SMILES string of the molecule is COCCN(C)C(C)Cc1cccs1. The summed E-state index contributed by atoms with van der Waals surface area (Å²) in [5.41, 5.74) is 0. The molecule has 0 spiro atoms. The molecule has 0 aliphatic carbocycles.